The lowest BCUT2D eigenvalue weighted by Gasteiger charge is -2.10. The highest BCUT2D eigenvalue weighted by atomic mass is 79.9. The van der Waals surface area contributed by atoms with Crippen molar-refractivity contribution in [3.05, 3.63) is 42.0 Å². The SMILES string of the molecule is COc1cccc2c(CC(Br)C=O)cccc12. The first-order valence-corrected chi connectivity index (χ1v) is 6.32. The second-order valence-corrected chi connectivity index (χ2v) is 5.00. The molecule has 2 nitrogen and oxygen atoms in total. The van der Waals surface area contributed by atoms with Gasteiger partial charge in [-0.3, -0.25) is 0 Å². The molecule has 2 rings (SSSR count). The van der Waals surface area contributed by atoms with Gasteiger partial charge in [-0.05, 0) is 23.4 Å². The van der Waals surface area contributed by atoms with Crippen LogP contribution >= 0.6 is 15.9 Å². The molecule has 0 bridgehead atoms. The average molecular weight is 293 g/mol. The number of carbonyl (C=O) groups excluding carboxylic acids is 1. The molecule has 1 atom stereocenters. The Balaban J connectivity index is 2.53. The fraction of sp³-hybridized carbons (Fsp3) is 0.214. The first kappa shape index (κ1) is 12.1. The summed E-state index contributed by atoms with van der Waals surface area (Å²) in [5.41, 5.74) is 1.15. The first-order chi connectivity index (χ1) is 8.26. The molecule has 0 radical (unpaired) electrons. The Morgan fingerprint density at radius 2 is 1.94 bits per heavy atom. The molecule has 2 aromatic rings. The van der Waals surface area contributed by atoms with Gasteiger partial charge in [-0.2, -0.15) is 0 Å². The summed E-state index contributed by atoms with van der Waals surface area (Å²) >= 11 is 3.34. The van der Waals surface area contributed by atoms with Crippen molar-refractivity contribution in [3.8, 4) is 5.75 Å². The van der Waals surface area contributed by atoms with Gasteiger partial charge in [0.2, 0.25) is 0 Å². The highest BCUT2D eigenvalue weighted by Gasteiger charge is 2.08. The van der Waals surface area contributed by atoms with E-state index in [-0.39, 0.29) is 4.83 Å². The molecule has 1 unspecified atom stereocenters. The zero-order chi connectivity index (χ0) is 12.3. The molecule has 0 fully saturated rings. The summed E-state index contributed by atoms with van der Waals surface area (Å²) in [6, 6.07) is 12.0. The van der Waals surface area contributed by atoms with Gasteiger partial charge in [0.05, 0.1) is 11.9 Å². The van der Waals surface area contributed by atoms with Crippen LogP contribution in [-0.2, 0) is 11.2 Å². The summed E-state index contributed by atoms with van der Waals surface area (Å²) in [6.07, 6.45) is 1.60. The lowest BCUT2D eigenvalue weighted by Crippen LogP contribution is -2.04. The van der Waals surface area contributed by atoms with Crippen molar-refractivity contribution in [1.29, 1.82) is 0 Å². The van der Waals surface area contributed by atoms with E-state index in [1.54, 1.807) is 7.11 Å². The van der Waals surface area contributed by atoms with Crippen LogP contribution in [0.15, 0.2) is 36.4 Å². The second kappa shape index (κ2) is 5.32. The van der Waals surface area contributed by atoms with Crippen LogP contribution in [0.5, 0.6) is 5.75 Å². The van der Waals surface area contributed by atoms with Crippen LogP contribution in [0.25, 0.3) is 10.8 Å². The van der Waals surface area contributed by atoms with Gasteiger partial charge in [0.25, 0.3) is 0 Å². The normalized spacial score (nSPS) is 12.4. The Morgan fingerprint density at radius 3 is 2.65 bits per heavy atom. The standard InChI is InChI=1S/C14H13BrO2/c1-17-14-7-3-5-12-10(8-11(15)9-16)4-2-6-13(12)14/h2-7,9,11H,8H2,1H3. The van der Waals surface area contributed by atoms with Crippen LogP contribution in [0, 0.1) is 0 Å². The van der Waals surface area contributed by atoms with E-state index in [1.165, 1.54) is 0 Å². The topological polar surface area (TPSA) is 26.3 Å². The quantitative estimate of drug-likeness (QED) is 0.638. The van der Waals surface area contributed by atoms with Crippen LogP contribution in [0.3, 0.4) is 0 Å². The fourth-order valence-corrected chi connectivity index (χ4v) is 2.31. The monoisotopic (exact) mass is 292 g/mol. The highest BCUT2D eigenvalue weighted by Crippen LogP contribution is 2.28. The maximum atomic E-state index is 10.7. The number of methoxy groups -OCH3 is 1. The summed E-state index contributed by atoms with van der Waals surface area (Å²) in [5.74, 6) is 0.863. The van der Waals surface area contributed by atoms with Crippen LogP contribution in [0.2, 0.25) is 0 Å². The number of benzene rings is 2. The largest absolute Gasteiger partial charge is 0.496 e. The van der Waals surface area contributed by atoms with Crippen molar-refractivity contribution in [2.75, 3.05) is 7.11 Å². The van der Waals surface area contributed by atoms with Gasteiger partial charge in [0.1, 0.15) is 12.0 Å². The van der Waals surface area contributed by atoms with Crippen molar-refractivity contribution >= 4 is 33.0 Å². The Kier molecular flexibility index (Phi) is 3.79. The number of hydrogen-bond acceptors (Lipinski definition) is 2. The molecule has 0 aliphatic heterocycles. The molecular weight excluding hydrogens is 280 g/mol. The Bertz CT molecular complexity index is 537. The van der Waals surface area contributed by atoms with Gasteiger partial charge >= 0.3 is 0 Å². The molecule has 17 heavy (non-hydrogen) atoms. The molecule has 0 amide bonds. The van der Waals surface area contributed by atoms with E-state index in [2.05, 4.69) is 22.0 Å². The van der Waals surface area contributed by atoms with E-state index in [0.29, 0.717) is 6.42 Å². The van der Waals surface area contributed by atoms with Gasteiger partial charge in [0, 0.05) is 5.39 Å². The molecule has 2 aromatic carbocycles. The fourth-order valence-electron chi connectivity index (χ4n) is 1.96. The van der Waals surface area contributed by atoms with Crippen LogP contribution < -0.4 is 4.74 Å². The zero-order valence-electron chi connectivity index (χ0n) is 9.52. The van der Waals surface area contributed by atoms with Crippen LogP contribution in [-0.4, -0.2) is 18.2 Å². The van der Waals surface area contributed by atoms with E-state index >= 15 is 0 Å². The predicted octanol–water partition coefficient (Wildman–Crippen LogP) is 3.35. The Morgan fingerprint density at radius 1 is 1.24 bits per heavy atom. The third-order valence-electron chi connectivity index (χ3n) is 2.75. The van der Waals surface area contributed by atoms with E-state index in [9.17, 15) is 4.79 Å². The maximum Gasteiger partial charge on any atom is 0.133 e. The first-order valence-electron chi connectivity index (χ1n) is 5.40. The molecule has 0 aliphatic carbocycles. The molecule has 0 N–H and O–H groups in total. The summed E-state index contributed by atoms with van der Waals surface area (Å²) in [6.45, 7) is 0. The van der Waals surface area contributed by atoms with Crippen molar-refractivity contribution < 1.29 is 9.53 Å². The number of aldehydes is 1. The second-order valence-electron chi connectivity index (χ2n) is 3.83. The molecular formula is C14H13BrO2. The third-order valence-corrected chi connectivity index (χ3v) is 3.29. The summed E-state index contributed by atoms with van der Waals surface area (Å²) in [4.78, 5) is 10.6. The molecule has 0 saturated carbocycles. The van der Waals surface area contributed by atoms with E-state index in [1.807, 2.05) is 30.3 Å². The number of halogens is 1. The third kappa shape index (κ3) is 2.50. The van der Waals surface area contributed by atoms with Crippen LogP contribution in [0.1, 0.15) is 5.56 Å². The van der Waals surface area contributed by atoms with Crippen molar-refractivity contribution in [3.63, 3.8) is 0 Å². The lowest BCUT2D eigenvalue weighted by atomic mass is 10.0. The minimum atomic E-state index is -0.140. The number of fused-ring (bicyclic) bond motifs is 1. The van der Waals surface area contributed by atoms with Gasteiger partial charge in [-0.25, -0.2) is 0 Å². The molecule has 0 aromatic heterocycles. The van der Waals surface area contributed by atoms with E-state index < -0.39 is 0 Å². The zero-order valence-corrected chi connectivity index (χ0v) is 11.1. The summed E-state index contributed by atoms with van der Waals surface area (Å²) in [7, 11) is 1.67. The molecule has 0 saturated heterocycles. The maximum absolute atomic E-state index is 10.7. The van der Waals surface area contributed by atoms with Gasteiger partial charge in [-0.1, -0.05) is 46.3 Å². The number of hydrogen-bond donors (Lipinski definition) is 0. The van der Waals surface area contributed by atoms with Gasteiger partial charge in [-0.15, -0.1) is 0 Å². The summed E-state index contributed by atoms with van der Waals surface area (Å²) in [5, 5.41) is 2.22. The Labute approximate surface area is 109 Å². The van der Waals surface area contributed by atoms with Crippen molar-refractivity contribution in [1.82, 2.24) is 0 Å². The number of carbonyl (C=O) groups is 1. The lowest BCUT2D eigenvalue weighted by molar-refractivity contribution is -0.107. The molecule has 0 spiro atoms. The smallest absolute Gasteiger partial charge is 0.133 e. The minimum absolute atomic E-state index is 0.140. The van der Waals surface area contributed by atoms with E-state index in [0.717, 1.165) is 28.4 Å². The predicted molar refractivity (Wildman–Crippen MR) is 73.0 cm³/mol. The van der Waals surface area contributed by atoms with Crippen LogP contribution in [0.4, 0.5) is 0 Å². The average Bonchev–Trinajstić information content (AvgIpc) is 2.38. The minimum Gasteiger partial charge on any atom is -0.496 e. The number of alkyl halides is 1. The van der Waals surface area contributed by atoms with Gasteiger partial charge in [0.15, 0.2) is 0 Å². The van der Waals surface area contributed by atoms with E-state index in [4.69, 9.17) is 4.74 Å². The summed E-state index contributed by atoms with van der Waals surface area (Å²) < 4.78 is 5.33. The molecule has 0 heterocycles. The molecule has 0 aliphatic rings. The number of ether oxygens (including phenoxy) is 1. The molecule has 3 heteroatoms. The Hall–Kier alpha value is -1.35. The van der Waals surface area contributed by atoms with Crippen molar-refractivity contribution in [2.45, 2.75) is 11.2 Å². The number of rotatable bonds is 4. The van der Waals surface area contributed by atoms with Crippen molar-refractivity contribution in [2.24, 2.45) is 0 Å². The highest BCUT2D eigenvalue weighted by molar-refractivity contribution is 9.09. The molecule has 88 valence electrons. The van der Waals surface area contributed by atoms with Gasteiger partial charge < -0.3 is 9.53 Å².